The lowest BCUT2D eigenvalue weighted by atomic mass is 10.1. The summed E-state index contributed by atoms with van der Waals surface area (Å²) in [7, 11) is 0. The van der Waals surface area contributed by atoms with Gasteiger partial charge in [0.2, 0.25) is 0 Å². The van der Waals surface area contributed by atoms with Gasteiger partial charge in [-0.2, -0.15) is 4.98 Å². The third-order valence-corrected chi connectivity index (χ3v) is 4.66. The van der Waals surface area contributed by atoms with Gasteiger partial charge in [0, 0.05) is 0 Å². The van der Waals surface area contributed by atoms with E-state index in [0.717, 1.165) is 38.4 Å². The Hall–Kier alpha value is -2.60. The summed E-state index contributed by atoms with van der Waals surface area (Å²) in [6.07, 6.45) is 0.974. The van der Waals surface area contributed by atoms with Crippen LogP contribution in [0.5, 0.6) is 0 Å². The molecule has 6 heteroatoms. The minimum absolute atomic E-state index is 0.447. The Bertz CT molecular complexity index is 1020. The Balaban J connectivity index is 1.71. The van der Waals surface area contributed by atoms with Crippen LogP contribution >= 0.6 is 11.3 Å². The van der Waals surface area contributed by atoms with Gasteiger partial charge in [-0.05, 0) is 48.7 Å². The lowest BCUT2D eigenvalue weighted by Crippen LogP contribution is -1.90. The predicted octanol–water partition coefficient (Wildman–Crippen LogP) is 4.63. The number of oxazole rings is 1. The Morgan fingerprint density at radius 1 is 1.22 bits per heavy atom. The second-order valence-corrected chi connectivity index (χ2v) is 6.55. The highest BCUT2D eigenvalue weighted by Crippen LogP contribution is 2.33. The van der Waals surface area contributed by atoms with Crippen LogP contribution in [0.4, 0.5) is 16.8 Å². The molecule has 0 radical (unpaired) electrons. The zero-order chi connectivity index (χ0) is 16.0. The standard InChI is InChI=1S/C17H16N4OS/c1-3-10-4-5-13-12(8-10)19-16(22-13)21-17-20-15-11(18)6-9(2)7-14(15)23-17/h4-8H,3,18H2,1-2H3,(H,19,20,21). The number of nitrogens with zero attached hydrogens (tertiary/aromatic N) is 2. The van der Waals surface area contributed by atoms with Crippen LogP contribution in [0.15, 0.2) is 34.7 Å². The van der Waals surface area contributed by atoms with E-state index in [4.69, 9.17) is 10.2 Å². The third-order valence-electron chi connectivity index (χ3n) is 3.74. The van der Waals surface area contributed by atoms with Gasteiger partial charge in [-0.3, -0.25) is 5.32 Å². The van der Waals surface area contributed by atoms with Crippen molar-refractivity contribution in [3.63, 3.8) is 0 Å². The molecule has 5 nitrogen and oxygen atoms in total. The molecule has 2 aromatic carbocycles. The van der Waals surface area contributed by atoms with Gasteiger partial charge < -0.3 is 10.2 Å². The monoisotopic (exact) mass is 324 g/mol. The summed E-state index contributed by atoms with van der Waals surface area (Å²) < 4.78 is 6.78. The van der Waals surface area contributed by atoms with E-state index >= 15 is 0 Å². The first-order valence-electron chi connectivity index (χ1n) is 7.45. The van der Waals surface area contributed by atoms with Crippen LogP contribution in [0.1, 0.15) is 18.1 Å². The number of thiazole rings is 1. The van der Waals surface area contributed by atoms with E-state index in [0.29, 0.717) is 11.7 Å². The van der Waals surface area contributed by atoms with Crippen LogP contribution in [-0.4, -0.2) is 9.97 Å². The smallest absolute Gasteiger partial charge is 0.302 e. The van der Waals surface area contributed by atoms with Crippen LogP contribution in [0.3, 0.4) is 0 Å². The molecular weight excluding hydrogens is 308 g/mol. The van der Waals surface area contributed by atoms with E-state index in [9.17, 15) is 0 Å². The molecule has 0 saturated heterocycles. The van der Waals surface area contributed by atoms with Gasteiger partial charge in [0.25, 0.3) is 0 Å². The first-order chi connectivity index (χ1) is 11.1. The molecular formula is C17H16N4OS. The highest BCUT2D eigenvalue weighted by Gasteiger charge is 2.11. The zero-order valence-corrected chi connectivity index (χ0v) is 13.7. The molecule has 23 heavy (non-hydrogen) atoms. The Morgan fingerprint density at radius 3 is 2.91 bits per heavy atom. The number of fused-ring (bicyclic) bond motifs is 2. The van der Waals surface area contributed by atoms with Crippen LogP contribution in [-0.2, 0) is 6.42 Å². The third kappa shape index (κ3) is 2.51. The summed E-state index contributed by atoms with van der Waals surface area (Å²) in [5, 5.41) is 3.86. The number of hydrogen-bond acceptors (Lipinski definition) is 6. The summed E-state index contributed by atoms with van der Waals surface area (Å²) in [6.45, 7) is 4.14. The van der Waals surface area contributed by atoms with Gasteiger partial charge in [-0.15, -0.1) is 0 Å². The molecule has 2 heterocycles. The van der Waals surface area contributed by atoms with Crippen molar-refractivity contribution in [3.8, 4) is 0 Å². The maximum atomic E-state index is 6.03. The molecule has 0 unspecified atom stereocenters. The number of aromatic nitrogens is 2. The fraction of sp³-hybridized carbons (Fsp3) is 0.176. The molecule has 0 spiro atoms. The average molecular weight is 324 g/mol. The van der Waals surface area contributed by atoms with Crippen molar-refractivity contribution < 1.29 is 4.42 Å². The largest absolute Gasteiger partial charge is 0.423 e. The molecule has 116 valence electrons. The zero-order valence-electron chi connectivity index (χ0n) is 12.9. The molecule has 0 saturated carbocycles. The van der Waals surface area contributed by atoms with E-state index in [-0.39, 0.29) is 0 Å². The summed E-state index contributed by atoms with van der Waals surface area (Å²) in [6, 6.07) is 10.5. The lowest BCUT2D eigenvalue weighted by Gasteiger charge is -1.96. The molecule has 0 bridgehead atoms. The molecule has 2 aromatic heterocycles. The number of rotatable bonds is 3. The quantitative estimate of drug-likeness (QED) is 0.537. The van der Waals surface area contributed by atoms with Gasteiger partial charge in [0.05, 0.1) is 10.4 Å². The number of nitrogen functional groups attached to an aromatic ring is 1. The average Bonchev–Trinajstić information content (AvgIpc) is 3.09. The van der Waals surface area contributed by atoms with Crippen LogP contribution in [0.2, 0.25) is 0 Å². The van der Waals surface area contributed by atoms with Gasteiger partial charge in [0.15, 0.2) is 10.7 Å². The Morgan fingerprint density at radius 2 is 2.09 bits per heavy atom. The minimum atomic E-state index is 0.447. The van der Waals surface area contributed by atoms with Gasteiger partial charge in [-0.25, -0.2) is 4.98 Å². The van der Waals surface area contributed by atoms with Crippen molar-refractivity contribution in [3.05, 3.63) is 41.5 Å². The number of nitrogens with one attached hydrogen (secondary N) is 1. The molecule has 4 aromatic rings. The molecule has 0 aliphatic rings. The fourth-order valence-electron chi connectivity index (χ4n) is 2.59. The van der Waals surface area contributed by atoms with Crippen molar-refractivity contribution in [2.75, 3.05) is 11.1 Å². The summed E-state index contributed by atoms with van der Waals surface area (Å²) >= 11 is 1.54. The molecule has 0 aliphatic heterocycles. The van der Waals surface area contributed by atoms with E-state index in [2.05, 4.69) is 34.3 Å². The van der Waals surface area contributed by atoms with E-state index in [1.807, 2.05) is 25.1 Å². The van der Waals surface area contributed by atoms with Crippen molar-refractivity contribution in [2.45, 2.75) is 20.3 Å². The molecule has 0 aliphatic carbocycles. The minimum Gasteiger partial charge on any atom is -0.423 e. The summed E-state index contributed by atoms with van der Waals surface area (Å²) in [4.78, 5) is 9.02. The van der Waals surface area contributed by atoms with Crippen molar-refractivity contribution >= 4 is 49.5 Å². The molecule has 4 rings (SSSR count). The fourth-order valence-corrected chi connectivity index (χ4v) is 3.58. The maximum Gasteiger partial charge on any atom is 0.302 e. The van der Waals surface area contributed by atoms with E-state index in [1.165, 1.54) is 16.9 Å². The van der Waals surface area contributed by atoms with Gasteiger partial charge in [0.1, 0.15) is 11.0 Å². The molecule has 0 fully saturated rings. The van der Waals surface area contributed by atoms with Crippen LogP contribution in [0.25, 0.3) is 21.3 Å². The Kier molecular flexibility index (Phi) is 3.20. The summed E-state index contributed by atoms with van der Waals surface area (Å²) in [5.74, 6) is 0. The molecule has 0 atom stereocenters. The predicted molar refractivity (Wildman–Crippen MR) is 95.4 cm³/mol. The first kappa shape index (κ1) is 14.0. The number of anilines is 3. The number of benzene rings is 2. The molecule has 0 amide bonds. The second-order valence-electron chi connectivity index (χ2n) is 5.52. The van der Waals surface area contributed by atoms with Crippen molar-refractivity contribution in [1.82, 2.24) is 9.97 Å². The van der Waals surface area contributed by atoms with E-state index in [1.54, 1.807) is 0 Å². The first-order valence-corrected chi connectivity index (χ1v) is 8.27. The number of nitrogens with two attached hydrogens (primary N) is 1. The SMILES string of the molecule is CCc1ccc2oc(Nc3nc4c(N)cc(C)cc4s3)nc2c1. The normalized spacial score (nSPS) is 11.4. The molecule has 3 N–H and O–H groups in total. The second kappa shape index (κ2) is 5.24. The van der Waals surface area contributed by atoms with Crippen LogP contribution < -0.4 is 11.1 Å². The topological polar surface area (TPSA) is 77.0 Å². The maximum absolute atomic E-state index is 6.03. The van der Waals surface area contributed by atoms with Gasteiger partial charge >= 0.3 is 6.01 Å². The highest BCUT2D eigenvalue weighted by atomic mass is 32.1. The number of hydrogen-bond donors (Lipinski definition) is 2. The lowest BCUT2D eigenvalue weighted by molar-refractivity contribution is 0.623. The van der Waals surface area contributed by atoms with E-state index < -0.39 is 0 Å². The highest BCUT2D eigenvalue weighted by molar-refractivity contribution is 7.22. The van der Waals surface area contributed by atoms with Crippen molar-refractivity contribution in [2.24, 2.45) is 0 Å². The van der Waals surface area contributed by atoms with Crippen molar-refractivity contribution in [1.29, 1.82) is 0 Å². The summed E-state index contributed by atoms with van der Waals surface area (Å²) in [5.41, 5.74) is 11.5. The van der Waals surface area contributed by atoms with Crippen LogP contribution in [0, 0.1) is 6.92 Å². The Labute approximate surface area is 137 Å². The number of aryl methyl sites for hydroxylation is 2. The van der Waals surface area contributed by atoms with Gasteiger partial charge in [-0.1, -0.05) is 24.3 Å².